The van der Waals surface area contributed by atoms with E-state index in [-0.39, 0.29) is 11.9 Å². The van der Waals surface area contributed by atoms with Gasteiger partial charge in [-0.25, -0.2) is 4.79 Å². The van der Waals surface area contributed by atoms with Crippen LogP contribution in [0.25, 0.3) is 11.4 Å². The molecule has 0 unspecified atom stereocenters. The Labute approximate surface area is 176 Å². The molecule has 1 N–H and O–H groups in total. The standard InChI is InChI=1S/C23H26N4O3/c1-3-16-6-4-5-7-20(16)24-23(28)27-14-12-18(13-15-27)22-25-21(26-30-22)17-8-10-19(29-2)11-9-17/h4-11,18H,3,12-15H2,1-2H3,(H,24,28). The molecule has 0 radical (unpaired) electrons. The zero-order valence-electron chi connectivity index (χ0n) is 17.3. The third-order valence-electron chi connectivity index (χ3n) is 5.56. The molecular formula is C23H26N4O3. The highest BCUT2D eigenvalue weighted by Gasteiger charge is 2.28. The summed E-state index contributed by atoms with van der Waals surface area (Å²) in [5.74, 6) is 2.16. The van der Waals surface area contributed by atoms with Crippen molar-refractivity contribution in [3.63, 3.8) is 0 Å². The molecule has 2 aromatic carbocycles. The Balaban J connectivity index is 1.35. The molecule has 2 heterocycles. The van der Waals surface area contributed by atoms with Crippen LogP contribution >= 0.6 is 0 Å². The van der Waals surface area contributed by atoms with Crippen molar-refractivity contribution >= 4 is 11.7 Å². The summed E-state index contributed by atoms with van der Waals surface area (Å²) in [5, 5.41) is 7.17. The van der Waals surface area contributed by atoms with Crippen LogP contribution in [0.4, 0.5) is 10.5 Å². The van der Waals surface area contributed by atoms with Crippen LogP contribution in [0.1, 0.15) is 37.1 Å². The molecule has 30 heavy (non-hydrogen) atoms. The highest BCUT2D eigenvalue weighted by atomic mass is 16.5. The number of aromatic nitrogens is 2. The number of ether oxygens (including phenoxy) is 1. The fourth-order valence-electron chi connectivity index (χ4n) is 3.73. The maximum Gasteiger partial charge on any atom is 0.321 e. The van der Waals surface area contributed by atoms with Crippen LogP contribution in [0.15, 0.2) is 53.1 Å². The second-order valence-corrected chi connectivity index (χ2v) is 7.39. The summed E-state index contributed by atoms with van der Waals surface area (Å²) in [6, 6.07) is 15.4. The van der Waals surface area contributed by atoms with Crippen molar-refractivity contribution in [2.45, 2.75) is 32.1 Å². The van der Waals surface area contributed by atoms with Gasteiger partial charge in [-0.3, -0.25) is 0 Å². The van der Waals surface area contributed by atoms with E-state index in [9.17, 15) is 4.79 Å². The Hall–Kier alpha value is -3.35. The highest BCUT2D eigenvalue weighted by Crippen LogP contribution is 2.29. The van der Waals surface area contributed by atoms with Gasteiger partial charge in [0.1, 0.15) is 5.75 Å². The number of carbonyl (C=O) groups is 1. The lowest BCUT2D eigenvalue weighted by Gasteiger charge is -2.30. The number of hydrogen-bond donors (Lipinski definition) is 1. The van der Waals surface area contributed by atoms with E-state index in [0.717, 1.165) is 41.8 Å². The molecule has 1 aliphatic rings. The van der Waals surface area contributed by atoms with Crippen LogP contribution in [0.3, 0.4) is 0 Å². The molecule has 0 spiro atoms. The minimum absolute atomic E-state index is 0.0567. The van der Waals surface area contributed by atoms with Crippen molar-refractivity contribution in [3.05, 3.63) is 60.0 Å². The molecule has 0 atom stereocenters. The number of aryl methyl sites for hydroxylation is 1. The van der Waals surface area contributed by atoms with Crippen molar-refractivity contribution in [1.82, 2.24) is 15.0 Å². The summed E-state index contributed by atoms with van der Waals surface area (Å²) in [4.78, 5) is 19.1. The first kappa shape index (κ1) is 19.9. The largest absolute Gasteiger partial charge is 0.497 e. The van der Waals surface area contributed by atoms with Crippen LogP contribution in [-0.4, -0.2) is 41.3 Å². The van der Waals surface area contributed by atoms with Crippen LogP contribution < -0.4 is 10.1 Å². The van der Waals surface area contributed by atoms with Gasteiger partial charge < -0.3 is 19.5 Å². The summed E-state index contributed by atoms with van der Waals surface area (Å²) >= 11 is 0. The Morgan fingerprint density at radius 1 is 1.17 bits per heavy atom. The van der Waals surface area contributed by atoms with E-state index >= 15 is 0 Å². The molecule has 7 heteroatoms. The zero-order chi connectivity index (χ0) is 20.9. The van der Waals surface area contributed by atoms with Gasteiger partial charge >= 0.3 is 6.03 Å². The number of piperidine rings is 1. The van der Waals surface area contributed by atoms with Gasteiger partial charge in [0.25, 0.3) is 0 Å². The van der Waals surface area contributed by atoms with E-state index in [1.54, 1.807) is 7.11 Å². The zero-order valence-corrected chi connectivity index (χ0v) is 17.3. The number of amides is 2. The molecular weight excluding hydrogens is 380 g/mol. The highest BCUT2D eigenvalue weighted by molar-refractivity contribution is 5.90. The van der Waals surface area contributed by atoms with Crippen LogP contribution in [0.5, 0.6) is 5.75 Å². The van der Waals surface area contributed by atoms with Crippen LogP contribution in [0.2, 0.25) is 0 Å². The smallest absolute Gasteiger partial charge is 0.321 e. The number of likely N-dealkylation sites (tertiary alicyclic amines) is 1. The predicted molar refractivity (Wildman–Crippen MR) is 115 cm³/mol. The predicted octanol–water partition coefficient (Wildman–Crippen LogP) is 4.72. The number of carbonyl (C=O) groups excluding carboxylic acids is 1. The number of para-hydroxylation sites is 1. The molecule has 1 aromatic heterocycles. The average molecular weight is 406 g/mol. The molecule has 0 bridgehead atoms. The van der Waals surface area contributed by atoms with E-state index in [2.05, 4.69) is 22.4 Å². The van der Waals surface area contributed by atoms with E-state index in [1.807, 2.05) is 53.4 Å². The summed E-state index contributed by atoms with van der Waals surface area (Å²) in [6.07, 6.45) is 2.48. The number of rotatable bonds is 5. The van der Waals surface area contributed by atoms with E-state index in [4.69, 9.17) is 9.26 Å². The third-order valence-corrected chi connectivity index (χ3v) is 5.56. The minimum atomic E-state index is -0.0567. The first-order valence-corrected chi connectivity index (χ1v) is 10.3. The molecule has 4 rings (SSSR count). The van der Waals surface area contributed by atoms with E-state index < -0.39 is 0 Å². The van der Waals surface area contributed by atoms with Crippen molar-refractivity contribution in [2.24, 2.45) is 0 Å². The number of nitrogens with zero attached hydrogens (tertiary/aromatic N) is 3. The molecule has 7 nitrogen and oxygen atoms in total. The monoisotopic (exact) mass is 406 g/mol. The van der Waals surface area contributed by atoms with Crippen LogP contribution in [0, 0.1) is 0 Å². The second-order valence-electron chi connectivity index (χ2n) is 7.39. The first-order valence-electron chi connectivity index (χ1n) is 10.3. The third kappa shape index (κ3) is 4.30. The molecule has 0 aliphatic carbocycles. The molecule has 2 amide bonds. The molecule has 0 saturated carbocycles. The lowest BCUT2D eigenvalue weighted by molar-refractivity contribution is 0.187. The number of methoxy groups -OCH3 is 1. The van der Waals surface area contributed by atoms with Gasteiger partial charge in [0, 0.05) is 30.3 Å². The fraction of sp³-hybridized carbons (Fsp3) is 0.348. The summed E-state index contributed by atoms with van der Waals surface area (Å²) in [7, 11) is 1.64. The van der Waals surface area contributed by atoms with Crippen molar-refractivity contribution in [1.29, 1.82) is 0 Å². The van der Waals surface area contributed by atoms with Gasteiger partial charge in [-0.05, 0) is 55.2 Å². The number of hydrogen-bond acceptors (Lipinski definition) is 5. The topological polar surface area (TPSA) is 80.5 Å². The minimum Gasteiger partial charge on any atom is -0.497 e. The maximum atomic E-state index is 12.7. The Kier molecular flexibility index (Phi) is 5.97. The lowest BCUT2D eigenvalue weighted by Crippen LogP contribution is -2.40. The quantitative estimate of drug-likeness (QED) is 0.663. The van der Waals surface area contributed by atoms with Gasteiger partial charge in [0.05, 0.1) is 7.11 Å². The Morgan fingerprint density at radius 3 is 2.60 bits per heavy atom. The van der Waals surface area contributed by atoms with Gasteiger partial charge in [0.2, 0.25) is 11.7 Å². The lowest BCUT2D eigenvalue weighted by atomic mass is 9.97. The van der Waals surface area contributed by atoms with Crippen molar-refractivity contribution < 1.29 is 14.1 Å². The number of anilines is 1. The van der Waals surface area contributed by atoms with Gasteiger partial charge in [-0.15, -0.1) is 0 Å². The molecule has 1 fully saturated rings. The van der Waals surface area contributed by atoms with Gasteiger partial charge in [-0.2, -0.15) is 4.98 Å². The SMILES string of the molecule is CCc1ccccc1NC(=O)N1CCC(c2nc(-c3ccc(OC)cc3)no2)CC1. The molecule has 156 valence electrons. The Morgan fingerprint density at radius 2 is 1.90 bits per heavy atom. The second kappa shape index (κ2) is 8.98. The normalized spacial score (nSPS) is 14.5. The fourth-order valence-corrected chi connectivity index (χ4v) is 3.73. The van der Waals surface area contributed by atoms with Gasteiger partial charge in [0.15, 0.2) is 0 Å². The van der Waals surface area contributed by atoms with Crippen molar-refractivity contribution in [3.8, 4) is 17.1 Å². The summed E-state index contributed by atoms with van der Waals surface area (Å²) < 4.78 is 10.7. The average Bonchev–Trinajstić information content (AvgIpc) is 3.30. The van der Waals surface area contributed by atoms with E-state index in [1.165, 1.54) is 0 Å². The maximum absolute atomic E-state index is 12.7. The van der Waals surface area contributed by atoms with Crippen molar-refractivity contribution in [2.75, 3.05) is 25.5 Å². The summed E-state index contributed by atoms with van der Waals surface area (Å²) in [5.41, 5.74) is 2.91. The van der Waals surface area contributed by atoms with Crippen LogP contribution in [-0.2, 0) is 6.42 Å². The molecule has 3 aromatic rings. The molecule has 1 aliphatic heterocycles. The number of nitrogens with one attached hydrogen (secondary N) is 1. The number of benzene rings is 2. The Bertz CT molecular complexity index is 992. The number of urea groups is 1. The van der Waals surface area contributed by atoms with E-state index in [0.29, 0.717) is 24.8 Å². The first-order chi connectivity index (χ1) is 14.7. The van der Waals surface area contributed by atoms with Gasteiger partial charge in [-0.1, -0.05) is 30.3 Å². The molecule has 1 saturated heterocycles. The summed E-state index contributed by atoms with van der Waals surface area (Å²) in [6.45, 7) is 3.40.